The van der Waals surface area contributed by atoms with Crippen molar-refractivity contribution in [2.75, 3.05) is 24.7 Å². The molecule has 0 aliphatic carbocycles. The number of imidazole rings is 1. The van der Waals surface area contributed by atoms with Crippen molar-refractivity contribution < 1.29 is 16.8 Å². The van der Waals surface area contributed by atoms with Gasteiger partial charge in [-0.25, -0.2) is 31.7 Å². The van der Waals surface area contributed by atoms with Gasteiger partial charge >= 0.3 is 0 Å². The lowest BCUT2D eigenvalue weighted by molar-refractivity contribution is 0.577. The van der Waals surface area contributed by atoms with Gasteiger partial charge in [-0.2, -0.15) is 0 Å². The van der Waals surface area contributed by atoms with E-state index in [2.05, 4.69) is 15.0 Å². The van der Waals surface area contributed by atoms with Crippen molar-refractivity contribution in [1.82, 2.24) is 14.1 Å². The molecule has 0 bridgehead atoms. The zero-order valence-electron chi connectivity index (χ0n) is 11.1. The molecule has 21 heavy (non-hydrogen) atoms. The summed E-state index contributed by atoms with van der Waals surface area (Å²) in [6.45, 7) is -0.315. The van der Waals surface area contributed by atoms with Gasteiger partial charge < -0.3 is 5.32 Å². The Hall–Kier alpha value is -1.69. The van der Waals surface area contributed by atoms with Gasteiger partial charge in [0.1, 0.15) is 5.65 Å². The highest BCUT2D eigenvalue weighted by atomic mass is 32.2. The van der Waals surface area contributed by atoms with Gasteiger partial charge in [0.05, 0.1) is 5.75 Å². The average molecular weight is 333 g/mol. The van der Waals surface area contributed by atoms with Crippen LogP contribution in [0.25, 0.3) is 5.65 Å². The topological polar surface area (TPSA) is 136 Å². The lowest BCUT2D eigenvalue weighted by atomic mass is 10.5. The van der Waals surface area contributed by atoms with E-state index in [9.17, 15) is 16.8 Å². The molecule has 0 aliphatic rings. The van der Waals surface area contributed by atoms with Gasteiger partial charge in [-0.3, -0.25) is 4.40 Å². The molecule has 0 radical (unpaired) electrons. The number of nitrogens with zero attached hydrogens (tertiary/aromatic N) is 2. The number of primary sulfonamides is 1. The predicted molar refractivity (Wildman–Crippen MR) is 77.9 cm³/mol. The maximum absolute atomic E-state index is 12.3. The molecule has 9 nitrogen and oxygen atoms in total. The summed E-state index contributed by atoms with van der Waals surface area (Å²) in [5, 5.41) is 7.45. The summed E-state index contributed by atoms with van der Waals surface area (Å²) in [6, 6.07) is 5.05. The minimum atomic E-state index is -3.94. The summed E-state index contributed by atoms with van der Waals surface area (Å²) in [5.74, 6) is -0.318. The zero-order valence-corrected chi connectivity index (χ0v) is 12.8. The Morgan fingerprint density at radius 3 is 2.62 bits per heavy atom. The van der Waals surface area contributed by atoms with Crippen LogP contribution < -0.4 is 15.2 Å². The maximum atomic E-state index is 12.3. The van der Waals surface area contributed by atoms with E-state index in [0.717, 1.165) is 0 Å². The Bertz CT molecular complexity index is 857. The fourth-order valence-corrected chi connectivity index (χ4v) is 3.62. The summed E-state index contributed by atoms with van der Waals surface area (Å²) in [7, 11) is -6.13. The van der Waals surface area contributed by atoms with Crippen LogP contribution in [0.1, 0.15) is 0 Å². The zero-order chi connectivity index (χ0) is 15.7. The molecule has 116 valence electrons. The molecule has 0 unspecified atom stereocenters. The number of aromatic nitrogens is 2. The van der Waals surface area contributed by atoms with Crippen molar-refractivity contribution >= 4 is 31.5 Å². The van der Waals surface area contributed by atoms with Crippen LogP contribution in [-0.2, 0) is 20.0 Å². The second-order valence-corrected chi connectivity index (χ2v) is 7.63. The smallest absolute Gasteiger partial charge is 0.260 e. The van der Waals surface area contributed by atoms with Crippen LogP contribution in [0.2, 0.25) is 0 Å². The van der Waals surface area contributed by atoms with E-state index in [1.165, 1.54) is 4.40 Å². The quantitative estimate of drug-likeness (QED) is 0.617. The lowest BCUT2D eigenvalue weighted by Gasteiger charge is -2.07. The molecule has 0 aromatic carbocycles. The Morgan fingerprint density at radius 2 is 2.00 bits per heavy atom. The summed E-state index contributed by atoms with van der Waals surface area (Å²) >= 11 is 0. The van der Waals surface area contributed by atoms with Crippen molar-refractivity contribution in [3.63, 3.8) is 0 Å². The van der Waals surface area contributed by atoms with Crippen molar-refractivity contribution in [3.8, 4) is 0 Å². The Labute approximate surface area is 122 Å². The van der Waals surface area contributed by atoms with Crippen LogP contribution in [0.3, 0.4) is 0 Å². The van der Waals surface area contributed by atoms with E-state index in [4.69, 9.17) is 5.14 Å². The van der Waals surface area contributed by atoms with Crippen molar-refractivity contribution in [3.05, 3.63) is 24.4 Å². The number of hydrogen-bond donors (Lipinski definition) is 3. The number of sulfonamides is 2. The molecule has 11 heteroatoms. The maximum Gasteiger partial charge on any atom is 0.260 e. The van der Waals surface area contributed by atoms with Gasteiger partial charge in [0.25, 0.3) is 10.0 Å². The number of anilines is 1. The normalized spacial score (nSPS) is 12.7. The summed E-state index contributed by atoms with van der Waals surface area (Å²) < 4.78 is 49.9. The lowest BCUT2D eigenvalue weighted by Crippen LogP contribution is -2.32. The van der Waals surface area contributed by atoms with Gasteiger partial charge in [0.15, 0.2) is 10.8 Å². The molecule has 0 saturated heterocycles. The monoisotopic (exact) mass is 333 g/mol. The van der Waals surface area contributed by atoms with Gasteiger partial charge in [-0.05, 0) is 12.1 Å². The highest BCUT2D eigenvalue weighted by molar-refractivity contribution is 7.90. The van der Waals surface area contributed by atoms with Crippen LogP contribution in [0.4, 0.5) is 5.82 Å². The molecule has 2 rings (SSSR count). The number of rotatable bonds is 6. The van der Waals surface area contributed by atoms with E-state index in [0.29, 0.717) is 5.65 Å². The van der Waals surface area contributed by atoms with E-state index >= 15 is 0 Å². The third-order valence-corrected chi connectivity index (χ3v) is 4.91. The summed E-state index contributed by atoms with van der Waals surface area (Å²) in [5.41, 5.74) is 0.452. The molecule has 4 N–H and O–H groups in total. The summed E-state index contributed by atoms with van der Waals surface area (Å²) in [4.78, 5) is 4.14. The molecule has 2 aromatic heterocycles. The van der Waals surface area contributed by atoms with Crippen LogP contribution in [0.15, 0.2) is 29.4 Å². The molecule has 0 spiro atoms. The van der Waals surface area contributed by atoms with Gasteiger partial charge in [0, 0.05) is 19.8 Å². The first kappa shape index (κ1) is 15.7. The molecule has 0 saturated carbocycles. The highest BCUT2D eigenvalue weighted by Crippen LogP contribution is 2.21. The number of hydrogen-bond acceptors (Lipinski definition) is 6. The molecule has 2 aromatic rings. The van der Waals surface area contributed by atoms with Crippen LogP contribution in [0.5, 0.6) is 0 Å². The molecule has 0 fully saturated rings. The second kappa shape index (κ2) is 5.60. The predicted octanol–water partition coefficient (Wildman–Crippen LogP) is -1.06. The van der Waals surface area contributed by atoms with E-state index in [1.54, 1.807) is 31.4 Å². The first-order chi connectivity index (χ1) is 9.74. The van der Waals surface area contributed by atoms with Crippen LogP contribution in [0, 0.1) is 0 Å². The van der Waals surface area contributed by atoms with Crippen molar-refractivity contribution in [2.45, 2.75) is 5.03 Å². The third kappa shape index (κ3) is 3.50. The molecule has 0 atom stereocenters. The van der Waals surface area contributed by atoms with E-state index in [1.807, 2.05) is 0 Å². The minimum Gasteiger partial charge on any atom is -0.371 e. The molecule has 0 amide bonds. The minimum absolute atomic E-state index is 0.0879. The van der Waals surface area contributed by atoms with Crippen molar-refractivity contribution in [1.29, 1.82) is 0 Å². The largest absolute Gasteiger partial charge is 0.371 e. The fraction of sp³-hybridized carbons (Fsp3) is 0.300. The number of pyridine rings is 1. The molecular weight excluding hydrogens is 318 g/mol. The standard InChI is InChI=1S/C10H15N5O4S2/c1-12-9-10(15-6-3-2-4-8(15)14-9)21(18,19)13-5-7-20(11,16)17/h2-4,6,12-13H,5,7H2,1H3,(H2,11,16,17). The average Bonchev–Trinajstić information content (AvgIpc) is 2.75. The van der Waals surface area contributed by atoms with Gasteiger partial charge in [-0.15, -0.1) is 0 Å². The first-order valence-electron chi connectivity index (χ1n) is 5.89. The Kier molecular flexibility index (Phi) is 4.18. The molecule has 0 aliphatic heterocycles. The van der Waals surface area contributed by atoms with E-state index < -0.39 is 25.8 Å². The van der Waals surface area contributed by atoms with Gasteiger partial charge in [0.2, 0.25) is 10.0 Å². The highest BCUT2D eigenvalue weighted by Gasteiger charge is 2.24. The number of nitrogens with one attached hydrogen (secondary N) is 2. The Morgan fingerprint density at radius 1 is 1.29 bits per heavy atom. The van der Waals surface area contributed by atoms with Crippen LogP contribution in [-0.4, -0.2) is 45.6 Å². The fourth-order valence-electron chi connectivity index (χ4n) is 1.78. The van der Waals surface area contributed by atoms with E-state index in [-0.39, 0.29) is 17.4 Å². The van der Waals surface area contributed by atoms with Crippen LogP contribution >= 0.6 is 0 Å². The van der Waals surface area contributed by atoms with Crippen molar-refractivity contribution in [2.24, 2.45) is 5.14 Å². The molecular formula is C10H15N5O4S2. The second-order valence-electron chi connectivity index (χ2n) is 4.21. The number of nitrogens with two attached hydrogens (primary N) is 1. The SMILES string of the molecule is CNc1nc2ccccn2c1S(=O)(=O)NCCS(N)(=O)=O. The third-order valence-electron chi connectivity index (χ3n) is 2.66. The first-order valence-corrected chi connectivity index (χ1v) is 9.09. The van der Waals surface area contributed by atoms with Gasteiger partial charge in [-0.1, -0.05) is 6.07 Å². The Balaban J connectivity index is 2.40. The molecule has 2 heterocycles. The number of fused-ring (bicyclic) bond motifs is 1. The summed E-state index contributed by atoms with van der Waals surface area (Å²) in [6.07, 6.45) is 1.55.